The van der Waals surface area contributed by atoms with E-state index >= 15 is 0 Å². The van der Waals surface area contributed by atoms with Crippen LogP contribution in [-0.2, 0) is 13.1 Å². The molecule has 0 saturated heterocycles. The van der Waals surface area contributed by atoms with E-state index in [-0.39, 0.29) is 6.61 Å². The van der Waals surface area contributed by atoms with E-state index in [0.29, 0.717) is 18.7 Å². The van der Waals surface area contributed by atoms with E-state index in [0.717, 1.165) is 16.9 Å². The summed E-state index contributed by atoms with van der Waals surface area (Å²) in [5.74, 6) is 0. The zero-order valence-electron chi connectivity index (χ0n) is 10.7. The van der Waals surface area contributed by atoms with Gasteiger partial charge in [0.15, 0.2) is 0 Å². The van der Waals surface area contributed by atoms with E-state index in [4.69, 9.17) is 10.4 Å². The molecule has 0 aliphatic rings. The molecule has 0 fully saturated rings. The number of hydrogen-bond acceptors (Lipinski definition) is 5. The highest BCUT2D eigenvalue weighted by Gasteiger charge is 2.05. The van der Waals surface area contributed by atoms with Gasteiger partial charge in [-0.3, -0.25) is 0 Å². The average molecular weight is 257 g/mol. The summed E-state index contributed by atoms with van der Waals surface area (Å²) in [6.07, 6.45) is 1.77. The lowest BCUT2D eigenvalue weighted by molar-refractivity contribution is 0.268. The first-order valence-electron chi connectivity index (χ1n) is 5.98. The first-order valence-corrected chi connectivity index (χ1v) is 5.98. The molecule has 6 heteroatoms. The van der Waals surface area contributed by atoms with Crippen LogP contribution in [0.5, 0.6) is 0 Å². The molecule has 0 saturated carbocycles. The van der Waals surface area contributed by atoms with E-state index < -0.39 is 0 Å². The quantitative estimate of drug-likeness (QED) is 0.836. The van der Waals surface area contributed by atoms with Gasteiger partial charge < -0.3 is 10.4 Å². The van der Waals surface area contributed by atoms with Gasteiger partial charge in [0.05, 0.1) is 37.1 Å². The van der Waals surface area contributed by atoms with Crippen LogP contribution in [0.4, 0.5) is 5.69 Å². The molecular weight excluding hydrogens is 242 g/mol. The molecule has 0 spiro atoms. The van der Waals surface area contributed by atoms with Crippen LogP contribution in [0, 0.1) is 18.3 Å². The van der Waals surface area contributed by atoms with Gasteiger partial charge in [0.2, 0.25) is 0 Å². The van der Waals surface area contributed by atoms with Crippen molar-refractivity contribution >= 4 is 5.69 Å². The number of aryl methyl sites for hydroxylation is 1. The number of nitrogens with zero attached hydrogens (tertiary/aromatic N) is 4. The van der Waals surface area contributed by atoms with Crippen LogP contribution < -0.4 is 5.32 Å². The first kappa shape index (κ1) is 13.1. The van der Waals surface area contributed by atoms with Gasteiger partial charge in [-0.25, -0.2) is 4.68 Å². The van der Waals surface area contributed by atoms with E-state index in [2.05, 4.69) is 21.7 Å². The Morgan fingerprint density at radius 1 is 1.47 bits per heavy atom. The van der Waals surface area contributed by atoms with Crippen molar-refractivity contribution in [2.24, 2.45) is 0 Å². The van der Waals surface area contributed by atoms with E-state index in [1.54, 1.807) is 10.9 Å². The summed E-state index contributed by atoms with van der Waals surface area (Å²) in [5.41, 5.74) is 3.14. The van der Waals surface area contributed by atoms with Crippen LogP contribution in [0.25, 0.3) is 0 Å². The molecule has 98 valence electrons. The largest absolute Gasteiger partial charge is 0.394 e. The molecule has 2 N–H and O–H groups in total. The average Bonchev–Trinajstić information content (AvgIpc) is 2.84. The van der Waals surface area contributed by atoms with Gasteiger partial charge in [-0.1, -0.05) is 17.3 Å². The number of nitrogens with one attached hydrogen (secondary N) is 1. The highest BCUT2D eigenvalue weighted by molar-refractivity contribution is 5.60. The van der Waals surface area contributed by atoms with Crippen LogP contribution in [0.2, 0.25) is 0 Å². The van der Waals surface area contributed by atoms with Crippen molar-refractivity contribution < 1.29 is 5.11 Å². The Morgan fingerprint density at radius 2 is 2.32 bits per heavy atom. The molecule has 0 aliphatic heterocycles. The second-order valence-corrected chi connectivity index (χ2v) is 4.16. The Hall–Kier alpha value is -2.39. The van der Waals surface area contributed by atoms with Crippen molar-refractivity contribution in [2.45, 2.75) is 20.0 Å². The Morgan fingerprint density at radius 3 is 3.05 bits per heavy atom. The Balaban J connectivity index is 2.06. The summed E-state index contributed by atoms with van der Waals surface area (Å²) in [5, 5.41) is 29.0. The van der Waals surface area contributed by atoms with Gasteiger partial charge in [0, 0.05) is 0 Å². The highest BCUT2D eigenvalue weighted by Crippen LogP contribution is 2.18. The third-order valence-electron chi connectivity index (χ3n) is 2.76. The number of benzene rings is 1. The van der Waals surface area contributed by atoms with Gasteiger partial charge in [-0.05, 0) is 18.6 Å². The molecule has 1 heterocycles. The van der Waals surface area contributed by atoms with Crippen molar-refractivity contribution in [1.29, 1.82) is 5.26 Å². The van der Waals surface area contributed by atoms with Crippen LogP contribution in [-0.4, -0.2) is 26.7 Å². The summed E-state index contributed by atoms with van der Waals surface area (Å²) in [6, 6.07) is 7.86. The molecular formula is C13H15N5O. The highest BCUT2D eigenvalue weighted by atomic mass is 16.3. The molecule has 0 unspecified atom stereocenters. The van der Waals surface area contributed by atoms with Crippen LogP contribution in [0.15, 0.2) is 24.4 Å². The van der Waals surface area contributed by atoms with Crippen molar-refractivity contribution in [3.8, 4) is 6.07 Å². The SMILES string of the molecule is Cc1cccc(NCc2cn(CCO)nn2)c1C#N. The molecule has 6 nitrogen and oxygen atoms in total. The zero-order chi connectivity index (χ0) is 13.7. The Labute approximate surface area is 111 Å². The van der Waals surface area contributed by atoms with Gasteiger partial charge >= 0.3 is 0 Å². The van der Waals surface area contributed by atoms with Crippen molar-refractivity contribution in [2.75, 3.05) is 11.9 Å². The minimum absolute atomic E-state index is 0.0344. The molecule has 0 amide bonds. The number of anilines is 1. The molecule has 1 aromatic carbocycles. The van der Waals surface area contributed by atoms with Crippen molar-refractivity contribution in [3.05, 3.63) is 41.2 Å². The van der Waals surface area contributed by atoms with Gasteiger partial charge in [0.25, 0.3) is 0 Å². The predicted molar refractivity (Wildman–Crippen MR) is 70.3 cm³/mol. The fraction of sp³-hybridized carbons (Fsp3) is 0.308. The van der Waals surface area contributed by atoms with Gasteiger partial charge in [-0.15, -0.1) is 5.10 Å². The molecule has 0 atom stereocenters. The molecule has 1 aromatic heterocycles. The summed E-state index contributed by atoms with van der Waals surface area (Å²) in [4.78, 5) is 0. The third-order valence-corrected chi connectivity index (χ3v) is 2.76. The maximum atomic E-state index is 9.12. The molecule has 2 rings (SSSR count). The second-order valence-electron chi connectivity index (χ2n) is 4.16. The predicted octanol–water partition coefficient (Wildman–Crippen LogP) is 1.06. The van der Waals surface area contributed by atoms with E-state index in [9.17, 15) is 0 Å². The summed E-state index contributed by atoms with van der Waals surface area (Å²) in [6.45, 7) is 2.86. The molecule has 19 heavy (non-hydrogen) atoms. The molecule has 0 bridgehead atoms. The number of aliphatic hydroxyl groups is 1. The fourth-order valence-corrected chi connectivity index (χ4v) is 1.78. The molecule has 0 radical (unpaired) electrons. The van der Waals surface area contributed by atoms with E-state index in [1.807, 2.05) is 25.1 Å². The lowest BCUT2D eigenvalue weighted by Crippen LogP contribution is -2.03. The van der Waals surface area contributed by atoms with Crippen molar-refractivity contribution in [1.82, 2.24) is 15.0 Å². The first-order chi connectivity index (χ1) is 9.24. The maximum absolute atomic E-state index is 9.12. The van der Waals surface area contributed by atoms with Crippen molar-refractivity contribution in [3.63, 3.8) is 0 Å². The van der Waals surface area contributed by atoms with Gasteiger partial charge in [-0.2, -0.15) is 5.26 Å². The van der Waals surface area contributed by atoms with E-state index in [1.165, 1.54) is 0 Å². The number of aliphatic hydroxyl groups excluding tert-OH is 1. The number of hydrogen-bond donors (Lipinski definition) is 2. The van der Waals surface area contributed by atoms with Crippen LogP contribution in [0.1, 0.15) is 16.8 Å². The minimum atomic E-state index is 0.0344. The number of nitriles is 1. The Kier molecular flexibility index (Phi) is 4.11. The van der Waals surface area contributed by atoms with Crippen LogP contribution >= 0.6 is 0 Å². The number of rotatable bonds is 5. The maximum Gasteiger partial charge on any atom is 0.102 e. The third kappa shape index (κ3) is 3.09. The summed E-state index contributed by atoms with van der Waals surface area (Å²) in [7, 11) is 0. The topological polar surface area (TPSA) is 86.8 Å². The molecule has 2 aromatic rings. The lowest BCUT2D eigenvalue weighted by atomic mass is 10.1. The summed E-state index contributed by atoms with van der Waals surface area (Å²) < 4.78 is 1.58. The number of aromatic nitrogens is 3. The van der Waals surface area contributed by atoms with Gasteiger partial charge in [0.1, 0.15) is 11.8 Å². The summed E-state index contributed by atoms with van der Waals surface area (Å²) >= 11 is 0. The normalized spacial score (nSPS) is 10.2. The fourth-order valence-electron chi connectivity index (χ4n) is 1.78. The second kappa shape index (κ2) is 5.98. The standard InChI is InChI=1S/C13H15N5O/c1-10-3-2-4-13(12(10)7-14)15-8-11-9-18(5-6-19)17-16-11/h2-4,9,15,19H,5-6,8H2,1H3. The Bertz CT molecular complexity index is 599. The van der Waals surface area contributed by atoms with Crippen LogP contribution in [0.3, 0.4) is 0 Å². The zero-order valence-corrected chi connectivity index (χ0v) is 10.7. The monoisotopic (exact) mass is 257 g/mol. The minimum Gasteiger partial charge on any atom is -0.394 e. The molecule has 0 aliphatic carbocycles. The smallest absolute Gasteiger partial charge is 0.102 e. The lowest BCUT2D eigenvalue weighted by Gasteiger charge is -2.07.